The van der Waals surface area contributed by atoms with Crippen LogP contribution in [0.15, 0.2) is 0 Å². The van der Waals surface area contributed by atoms with Gasteiger partial charge in [-0.15, -0.1) is 11.3 Å². The van der Waals surface area contributed by atoms with E-state index < -0.39 is 0 Å². The van der Waals surface area contributed by atoms with Gasteiger partial charge >= 0.3 is 0 Å². The molecule has 5 heteroatoms. The lowest BCUT2D eigenvalue weighted by atomic mass is 10.2. The van der Waals surface area contributed by atoms with Crippen molar-refractivity contribution in [1.29, 1.82) is 0 Å². The number of methoxy groups -OCH3 is 1. The summed E-state index contributed by atoms with van der Waals surface area (Å²) in [5.41, 5.74) is 1.13. The second-order valence-electron chi connectivity index (χ2n) is 4.87. The maximum Gasteiger partial charge on any atom is 0.185 e. The number of nitrogens with zero attached hydrogens (tertiary/aromatic N) is 2. The second kappa shape index (κ2) is 7.71. The minimum absolute atomic E-state index is 0.624. The average molecular weight is 271 g/mol. The van der Waals surface area contributed by atoms with Crippen LogP contribution in [0.25, 0.3) is 0 Å². The number of thiazole rings is 1. The molecule has 1 heterocycles. The van der Waals surface area contributed by atoms with Crippen molar-refractivity contribution in [2.24, 2.45) is 5.92 Å². The maximum atomic E-state index is 5.18. The number of hydrogen-bond acceptors (Lipinski definition) is 5. The van der Waals surface area contributed by atoms with E-state index in [-0.39, 0.29) is 0 Å². The van der Waals surface area contributed by atoms with Crippen LogP contribution in [0, 0.1) is 12.8 Å². The molecule has 0 unspecified atom stereocenters. The minimum atomic E-state index is 0.624. The van der Waals surface area contributed by atoms with Crippen molar-refractivity contribution in [2.75, 3.05) is 38.8 Å². The summed E-state index contributed by atoms with van der Waals surface area (Å²) in [6.45, 7) is 10.1. The fourth-order valence-electron chi connectivity index (χ4n) is 1.78. The zero-order valence-corrected chi connectivity index (χ0v) is 12.9. The van der Waals surface area contributed by atoms with Crippen molar-refractivity contribution in [2.45, 2.75) is 27.3 Å². The third-order valence-electron chi connectivity index (χ3n) is 2.64. The molecule has 4 nitrogen and oxygen atoms in total. The quantitative estimate of drug-likeness (QED) is 0.787. The Morgan fingerprint density at radius 1 is 1.44 bits per heavy atom. The van der Waals surface area contributed by atoms with Gasteiger partial charge in [-0.3, -0.25) is 0 Å². The van der Waals surface area contributed by atoms with E-state index in [1.54, 1.807) is 18.4 Å². The summed E-state index contributed by atoms with van der Waals surface area (Å²) in [7, 11) is 3.71. The first-order valence-corrected chi connectivity index (χ1v) is 7.24. The fraction of sp³-hybridized carbons (Fsp3) is 0.769. The third kappa shape index (κ3) is 4.55. The highest BCUT2D eigenvalue weighted by Crippen LogP contribution is 2.26. The lowest BCUT2D eigenvalue weighted by Gasteiger charge is -2.23. The largest absolute Gasteiger partial charge is 0.383 e. The van der Waals surface area contributed by atoms with Crippen LogP contribution in [0.3, 0.4) is 0 Å². The van der Waals surface area contributed by atoms with Crippen LogP contribution in [0.2, 0.25) is 0 Å². The zero-order valence-electron chi connectivity index (χ0n) is 12.1. The monoisotopic (exact) mass is 271 g/mol. The zero-order chi connectivity index (χ0) is 13.5. The van der Waals surface area contributed by atoms with E-state index in [4.69, 9.17) is 4.74 Å². The summed E-state index contributed by atoms with van der Waals surface area (Å²) in [6.07, 6.45) is 0. The Morgan fingerprint density at radius 3 is 2.72 bits per heavy atom. The molecular weight excluding hydrogens is 246 g/mol. The molecule has 18 heavy (non-hydrogen) atoms. The number of hydrogen-bond donors (Lipinski definition) is 1. The van der Waals surface area contributed by atoms with Gasteiger partial charge in [0.05, 0.1) is 12.3 Å². The molecule has 0 aromatic carbocycles. The van der Waals surface area contributed by atoms with Gasteiger partial charge in [0.2, 0.25) is 0 Å². The van der Waals surface area contributed by atoms with E-state index in [9.17, 15) is 0 Å². The molecule has 0 saturated heterocycles. The Balaban J connectivity index is 2.79. The van der Waals surface area contributed by atoms with E-state index in [0.29, 0.717) is 5.92 Å². The molecule has 0 aliphatic carbocycles. The molecule has 0 amide bonds. The van der Waals surface area contributed by atoms with Crippen molar-refractivity contribution < 1.29 is 4.74 Å². The highest BCUT2D eigenvalue weighted by Gasteiger charge is 2.14. The third-order valence-corrected chi connectivity index (χ3v) is 3.86. The van der Waals surface area contributed by atoms with Crippen LogP contribution < -0.4 is 10.2 Å². The molecule has 1 aromatic heterocycles. The number of anilines is 1. The van der Waals surface area contributed by atoms with Gasteiger partial charge in [-0.1, -0.05) is 13.8 Å². The highest BCUT2D eigenvalue weighted by molar-refractivity contribution is 7.15. The number of aromatic nitrogens is 1. The van der Waals surface area contributed by atoms with Gasteiger partial charge < -0.3 is 15.0 Å². The molecule has 1 aromatic rings. The molecule has 0 bridgehead atoms. The summed E-state index contributed by atoms with van der Waals surface area (Å²) >= 11 is 1.78. The molecule has 0 fully saturated rings. The predicted molar refractivity (Wildman–Crippen MR) is 78.5 cm³/mol. The van der Waals surface area contributed by atoms with E-state index in [2.05, 4.69) is 36.0 Å². The molecule has 0 radical (unpaired) electrons. The SMILES string of the molecule is CNCc1sc(N(CCOC)CC(C)C)nc1C. The Hall–Kier alpha value is -0.650. The first-order valence-electron chi connectivity index (χ1n) is 6.43. The molecule has 0 aliphatic heterocycles. The van der Waals surface area contributed by atoms with Crippen LogP contribution in [-0.2, 0) is 11.3 Å². The Morgan fingerprint density at radius 2 is 2.17 bits per heavy atom. The van der Waals surface area contributed by atoms with Crippen molar-refractivity contribution >= 4 is 16.5 Å². The van der Waals surface area contributed by atoms with Crippen molar-refractivity contribution in [3.8, 4) is 0 Å². The number of ether oxygens (including phenoxy) is 1. The molecule has 104 valence electrons. The Bertz CT molecular complexity index is 352. The lowest BCUT2D eigenvalue weighted by molar-refractivity contribution is 0.204. The number of aryl methyl sites for hydroxylation is 1. The fourth-order valence-corrected chi connectivity index (χ4v) is 2.89. The summed E-state index contributed by atoms with van der Waals surface area (Å²) in [5.74, 6) is 0.624. The van der Waals surface area contributed by atoms with Crippen LogP contribution in [-0.4, -0.2) is 38.8 Å². The van der Waals surface area contributed by atoms with Gasteiger partial charge in [0.15, 0.2) is 5.13 Å². The topological polar surface area (TPSA) is 37.4 Å². The van der Waals surface area contributed by atoms with Crippen molar-refractivity contribution in [3.63, 3.8) is 0 Å². The van der Waals surface area contributed by atoms with Crippen LogP contribution in [0.1, 0.15) is 24.4 Å². The molecule has 0 saturated carbocycles. The molecule has 1 rings (SSSR count). The molecule has 1 N–H and O–H groups in total. The first-order chi connectivity index (χ1) is 8.58. The van der Waals surface area contributed by atoms with Crippen LogP contribution in [0.5, 0.6) is 0 Å². The number of rotatable bonds is 8. The van der Waals surface area contributed by atoms with Gasteiger partial charge in [-0.25, -0.2) is 4.98 Å². The normalized spacial score (nSPS) is 11.2. The number of nitrogens with one attached hydrogen (secondary N) is 1. The van der Waals surface area contributed by atoms with Crippen molar-refractivity contribution in [3.05, 3.63) is 10.6 Å². The van der Waals surface area contributed by atoms with Gasteiger partial charge in [-0.2, -0.15) is 0 Å². The summed E-state index contributed by atoms with van der Waals surface area (Å²) in [6, 6.07) is 0. The van der Waals surface area contributed by atoms with E-state index in [1.165, 1.54) is 4.88 Å². The smallest absolute Gasteiger partial charge is 0.185 e. The molecule has 0 spiro atoms. The molecule has 0 aliphatic rings. The lowest BCUT2D eigenvalue weighted by Crippen LogP contribution is -2.30. The second-order valence-corrected chi connectivity index (χ2v) is 5.93. The van der Waals surface area contributed by atoms with Gasteiger partial charge in [0.25, 0.3) is 0 Å². The highest BCUT2D eigenvalue weighted by atomic mass is 32.1. The Labute approximate surface area is 114 Å². The molecular formula is C13H25N3OS. The van der Waals surface area contributed by atoms with Crippen LogP contribution in [0.4, 0.5) is 5.13 Å². The standard InChI is InChI=1S/C13H25N3OS/c1-10(2)9-16(6-7-17-5)13-15-11(3)12(18-13)8-14-4/h10,14H,6-9H2,1-5H3. The summed E-state index contributed by atoms with van der Waals surface area (Å²) in [4.78, 5) is 8.33. The van der Waals surface area contributed by atoms with E-state index in [1.807, 2.05) is 7.05 Å². The van der Waals surface area contributed by atoms with Crippen LogP contribution >= 0.6 is 11.3 Å². The average Bonchev–Trinajstić information content (AvgIpc) is 2.66. The Kier molecular flexibility index (Phi) is 6.60. The van der Waals surface area contributed by atoms with E-state index >= 15 is 0 Å². The van der Waals surface area contributed by atoms with Gasteiger partial charge in [0.1, 0.15) is 0 Å². The van der Waals surface area contributed by atoms with Gasteiger partial charge in [0, 0.05) is 31.6 Å². The molecule has 0 atom stereocenters. The summed E-state index contributed by atoms with van der Waals surface area (Å²) in [5, 5.41) is 4.30. The van der Waals surface area contributed by atoms with Crippen molar-refractivity contribution in [1.82, 2.24) is 10.3 Å². The first kappa shape index (κ1) is 15.4. The predicted octanol–water partition coefficient (Wildman–Crippen LogP) is 2.28. The van der Waals surface area contributed by atoms with E-state index in [0.717, 1.165) is 37.1 Å². The minimum Gasteiger partial charge on any atom is -0.383 e. The maximum absolute atomic E-state index is 5.18. The summed E-state index contributed by atoms with van der Waals surface area (Å²) < 4.78 is 5.18. The van der Waals surface area contributed by atoms with Gasteiger partial charge in [-0.05, 0) is 19.9 Å².